The Hall–Kier alpha value is -2.53. The second-order valence-electron chi connectivity index (χ2n) is 9.27. The van der Waals surface area contributed by atoms with E-state index in [-0.39, 0.29) is 12.5 Å². The molecule has 3 amide bonds. The lowest BCUT2D eigenvalue weighted by atomic mass is 9.96. The molecule has 35 heavy (non-hydrogen) atoms. The van der Waals surface area contributed by atoms with Crippen molar-refractivity contribution in [3.05, 3.63) is 35.9 Å². The van der Waals surface area contributed by atoms with E-state index in [0.29, 0.717) is 32.2 Å². The number of hydrogen-bond acceptors (Lipinski definition) is 7. The van der Waals surface area contributed by atoms with Gasteiger partial charge >= 0.3 is 0 Å². The van der Waals surface area contributed by atoms with Crippen molar-refractivity contribution in [2.24, 2.45) is 5.92 Å². The van der Waals surface area contributed by atoms with Gasteiger partial charge in [0.2, 0.25) is 11.8 Å². The van der Waals surface area contributed by atoms with Crippen molar-refractivity contribution in [2.75, 3.05) is 20.3 Å². The second-order valence-corrected chi connectivity index (χ2v) is 9.27. The molecule has 0 aromatic heterocycles. The fourth-order valence-corrected chi connectivity index (χ4v) is 4.10. The smallest absolute Gasteiger partial charge is 0.262 e. The molecule has 1 aromatic rings. The van der Waals surface area contributed by atoms with Crippen molar-refractivity contribution in [1.82, 2.24) is 21.1 Å². The third-order valence-corrected chi connectivity index (χ3v) is 6.18. The summed E-state index contributed by atoms with van der Waals surface area (Å²) in [5.41, 5.74) is 3.94. The Kier molecular flexibility index (Phi) is 11.6. The summed E-state index contributed by atoms with van der Waals surface area (Å²) in [5.74, 6) is -1.87. The molecule has 1 fully saturated rings. The van der Waals surface area contributed by atoms with Gasteiger partial charge in [0.1, 0.15) is 18.7 Å². The van der Waals surface area contributed by atoms with E-state index in [2.05, 4.69) is 16.1 Å². The summed E-state index contributed by atoms with van der Waals surface area (Å²) in [4.78, 5) is 39.0. The van der Waals surface area contributed by atoms with Crippen LogP contribution in [0.2, 0.25) is 0 Å². The van der Waals surface area contributed by atoms with Crippen molar-refractivity contribution >= 4 is 17.7 Å². The van der Waals surface area contributed by atoms with Gasteiger partial charge in [0, 0.05) is 13.7 Å². The molecule has 1 aliphatic heterocycles. The number of carbonyl (C=O) groups is 3. The topological polar surface area (TPSA) is 140 Å². The molecule has 1 aliphatic rings. The summed E-state index contributed by atoms with van der Waals surface area (Å²) in [6, 6.07) is 6.91. The lowest BCUT2D eigenvalue weighted by Gasteiger charge is -2.39. The summed E-state index contributed by atoms with van der Waals surface area (Å²) in [7, 11) is 1.36. The second kappa shape index (κ2) is 14.1. The van der Waals surface area contributed by atoms with Crippen LogP contribution in [0.25, 0.3) is 0 Å². The van der Waals surface area contributed by atoms with Crippen LogP contribution in [0.1, 0.15) is 45.6 Å². The van der Waals surface area contributed by atoms with Crippen LogP contribution in [0.15, 0.2) is 30.3 Å². The summed E-state index contributed by atoms with van der Waals surface area (Å²) in [6.45, 7) is 5.52. The predicted octanol–water partition coefficient (Wildman–Crippen LogP) is 0.129. The van der Waals surface area contributed by atoms with Crippen LogP contribution >= 0.6 is 0 Å². The van der Waals surface area contributed by atoms with Crippen LogP contribution in [0.3, 0.4) is 0 Å². The Morgan fingerprint density at radius 3 is 2.46 bits per heavy atom. The lowest BCUT2D eigenvalue weighted by molar-refractivity contribution is -0.153. The highest BCUT2D eigenvalue weighted by Gasteiger charge is 2.40. The van der Waals surface area contributed by atoms with Crippen molar-refractivity contribution in [3.8, 4) is 0 Å². The van der Waals surface area contributed by atoms with Gasteiger partial charge in [0.15, 0.2) is 0 Å². The number of carbonyl (C=O) groups excluding carboxylic acids is 3. The van der Waals surface area contributed by atoms with Crippen LogP contribution < -0.4 is 16.1 Å². The SMILES string of the molecule is CC[C@H](O)[C@H](Cc1ccccc1)NC(=O)[C@@H]1CCCNN1C(=O)[C@H](NC(=O)COC)[C@H](O)C(C)C. The molecule has 0 spiro atoms. The van der Waals surface area contributed by atoms with Crippen LogP contribution in [0.5, 0.6) is 0 Å². The maximum absolute atomic E-state index is 13.5. The van der Waals surface area contributed by atoms with E-state index in [9.17, 15) is 24.6 Å². The first-order chi connectivity index (χ1) is 16.7. The molecule has 5 atom stereocenters. The standard InChI is InChI=1S/C25H40N4O6/c1-5-20(30)18(14-17-10-7-6-8-11-17)27-24(33)19-12-9-13-26-29(19)25(34)22(23(32)16(2)3)28-21(31)15-35-4/h6-8,10-11,16,18-20,22-23,26,30,32H,5,9,12-15H2,1-4H3,(H,27,33)(H,28,31)/t18-,19-,20-,22+,23+/m0/s1. The van der Waals surface area contributed by atoms with E-state index in [4.69, 9.17) is 4.74 Å². The molecule has 0 aliphatic carbocycles. The molecule has 10 nitrogen and oxygen atoms in total. The van der Waals surface area contributed by atoms with Crippen molar-refractivity contribution in [2.45, 2.75) is 76.8 Å². The molecule has 1 heterocycles. The maximum Gasteiger partial charge on any atom is 0.262 e. The molecule has 0 saturated carbocycles. The van der Waals surface area contributed by atoms with Gasteiger partial charge in [-0.05, 0) is 37.2 Å². The fraction of sp³-hybridized carbons (Fsp3) is 0.640. The zero-order chi connectivity index (χ0) is 26.0. The predicted molar refractivity (Wildman–Crippen MR) is 131 cm³/mol. The number of methoxy groups -OCH3 is 1. The van der Waals surface area contributed by atoms with Crippen LogP contribution in [-0.2, 0) is 25.5 Å². The zero-order valence-electron chi connectivity index (χ0n) is 21.1. The minimum absolute atomic E-state index is 0.262. The van der Waals surface area contributed by atoms with E-state index in [1.54, 1.807) is 13.8 Å². The molecular weight excluding hydrogens is 452 g/mol. The number of hydrogen-bond donors (Lipinski definition) is 5. The van der Waals surface area contributed by atoms with Crippen LogP contribution in [0.4, 0.5) is 0 Å². The Balaban J connectivity index is 2.22. The Labute approximate surface area is 207 Å². The van der Waals surface area contributed by atoms with Gasteiger partial charge < -0.3 is 25.6 Å². The number of nitrogens with one attached hydrogen (secondary N) is 3. The highest BCUT2D eigenvalue weighted by molar-refractivity contribution is 5.92. The summed E-state index contributed by atoms with van der Waals surface area (Å²) < 4.78 is 4.83. The molecule has 5 N–H and O–H groups in total. The number of aliphatic hydroxyl groups is 2. The van der Waals surface area contributed by atoms with E-state index in [0.717, 1.165) is 5.56 Å². The minimum atomic E-state index is -1.25. The van der Waals surface area contributed by atoms with E-state index < -0.39 is 48.1 Å². The Morgan fingerprint density at radius 2 is 1.86 bits per heavy atom. The average molecular weight is 493 g/mol. The lowest BCUT2D eigenvalue weighted by Crippen LogP contribution is -2.66. The number of amides is 3. The highest BCUT2D eigenvalue weighted by atomic mass is 16.5. The van der Waals surface area contributed by atoms with Crippen LogP contribution in [0, 0.1) is 5.92 Å². The molecule has 196 valence electrons. The number of nitrogens with zero attached hydrogens (tertiary/aromatic N) is 1. The van der Waals surface area contributed by atoms with Crippen molar-refractivity contribution in [1.29, 1.82) is 0 Å². The summed E-state index contributed by atoms with van der Waals surface area (Å²) in [6.07, 6.45) is 0.0397. The largest absolute Gasteiger partial charge is 0.391 e. The molecule has 0 unspecified atom stereocenters. The van der Waals surface area contributed by atoms with Gasteiger partial charge in [-0.1, -0.05) is 51.1 Å². The van der Waals surface area contributed by atoms with E-state index in [1.165, 1.54) is 12.1 Å². The molecular formula is C25H40N4O6. The molecule has 10 heteroatoms. The first-order valence-electron chi connectivity index (χ1n) is 12.2. The third kappa shape index (κ3) is 8.28. The van der Waals surface area contributed by atoms with E-state index >= 15 is 0 Å². The monoisotopic (exact) mass is 492 g/mol. The number of hydrazine groups is 1. The summed E-state index contributed by atoms with van der Waals surface area (Å²) >= 11 is 0. The van der Waals surface area contributed by atoms with Gasteiger partial charge in [-0.2, -0.15) is 0 Å². The maximum atomic E-state index is 13.5. The Bertz CT molecular complexity index is 821. The van der Waals surface area contributed by atoms with E-state index in [1.807, 2.05) is 37.3 Å². The summed E-state index contributed by atoms with van der Waals surface area (Å²) in [5, 5.41) is 27.9. The minimum Gasteiger partial charge on any atom is -0.391 e. The first kappa shape index (κ1) is 28.7. The highest BCUT2D eigenvalue weighted by Crippen LogP contribution is 2.17. The molecule has 0 radical (unpaired) electrons. The molecule has 1 saturated heterocycles. The van der Waals surface area contributed by atoms with Gasteiger partial charge in [-0.15, -0.1) is 0 Å². The quantitative estimate of drug-likeness (QED) is 0.279. The zero-order valence-corrected chi connectivity index (χ0v) is 21.1. The van der Waals surface area contributed by atoms with Crippen LogP contribution in [-0.4, -0.2) is 83.5 Å². The number of aliphatic hydroxyl groups excluding tert-OH is 2. The Morgan fingerprint density at radius 1 is 1.17 bits per heavy atom. The average Bonchev–Trinajstić information content (AvgIpc) is 2.86. The number of rotatable bonds is 12. The number of benzene rings is 1. The van der Waals surface area contributed by atoms with Gasteiger partial charge in [-0.3, -0.25) is 19.4 Å². The third-order valence-electron chi connectivity index (χ3n) is 6.18. The van der Waals surface area contributed by atoms with Gasteiger partial charge in [0.05, 0.1) is 18.2 Å². The number of ether oxygens (including phenoxy) is 1. The normalized spacial score (nSPS) is 19.5. The van der Waals surface area contributed by atoms with Crippen molar-refractivity contribution in [3.63, 3.8) is 0 Å². The van der Waals surface area contributed by atoms with Gasteiger partial charge in [0.25, 0.3) is 5.91 Å². The first-order valence-corrected chi connectivity index (χ1v) is 12.2. The molecule has 1 aromatic carbocycles. The molecule has 2 rings (SSSR count). The van der Waals surface area contributed by atoms with Crippen molar-refractivity contribution < 1.29 is 29.3 Å². The molecule has 0 bridgehead atoms. The fourth-order valence-electron chi connectivity index (χ4n) is 4.10. The van der Waals surface area contributed by atoms with Gasteiger partial charge in [-0.25, -0.2) is 5.43 Å².